The smallest absolute Gasteiger partial charge is 0.0910 e. The number of nitrogens with zero attached hydrogens (tertiary/aromatic N) is 2. The van der Waals surface area contributed by atoms with Crippen molar-refractivity contribution in [3.8, 4) is 0 Å². The summed E-state index contributed by atoms with van der Waals surface area (Å²) in [5, 5.41) is 0. The van der Waals surface area contributed by atoms with E-state index in [0.29, 0.717) is 0 Å². The summed E-state index contributed by atoms with van der Waals surface area (Å²) in [6.45, 7) is 5.46. The number of hydrogen-bond acceptors (Lipinski definition) is 2. The first kappa shape index (κ1) is 6.08. The predicted octanol–water partition coefficient (Wildman–Crippen LogP) is 1.03. The maximum Gasteiger partial charge on any atom is 0.0910 e. The van der Waals surface area contributed by atoms with Gasteiger partial charge < -0.3 is 4.90 Å². The summed E-state index contributed by atoms with van der Waals surface area (Å²) in [6, 6.07) is 0. The van der Waals surface area contributed by atoms with Crippen molar-refractivity contribution in [1.82, 2.24) is 4.90 Å². The van der Waals surface area contributed by atoms with E-state index in [1.165, 1.54) is 0 Å². The third kappa shape index (κ3) is 1.72. The first-order chi connectivity index (χ1) is 4.43. The molecule has 1 aliphatic rings. The van der Waals surface area contributed by atoms with E-state index in [1.807, 2.05) is 18.5 Å². The molecule has 0 aliphatic carbocycles. The molecule has 0 bridgehead atoms. The third-order valence-electron chi connectivity index (χ3n) is 1.12. The van der Waals surface area contributed by atoms with E-state index in [0.717, 1.165) is 13.1 Å². The summed E-state index contributed by atoms with van der Waals surface area (Å²) in [4.78, 5) is 6.03. The number of rotatable bonds is 2. The fraction of sp³-hybridized carbons (Fsp3) is 0.286. The molecule has 0 aromatic rings. The molecule has 0 amide bonds. The molecule has 1 heterocycles. The van der Waals surface area contributed by atoms with E-state index in [1.54, 1.807) is 6.20 Å². The highest BCUT2D eigenvalue weighted by molar-refractivity contribution is 5.57. The number of hydrogen-bond donors (Lipinski definition) is 0. The SMILES string of the molecule is C=CCN1C=NC=CC1. The Balaban J connectivity index is 2.36. The van der Waals surface area contributed by atoms with E-state index in [-0.39, 0.29) is 0 Å². The van der Waals surface area contributed by atoms with Gasteiger partial charge in [0, 0.05) is 19.3 Å². The summed E-state index contributed by atoms with van der Waals surface area (Å²) in [5.74, 6) is 0. The molecule has 0 atom stereocenters. The minimum Gasteiger partial charge on any atom is -0.355 e. The Labute approximate surface area is 55.2 Å². The fourth-order valence-corrected chi connectivity index (χ4v) is 0.711. The Morgan fingerprint density at radius 3 is 3.22 bits per heavy atom. The van der Waals surface area contributed by atoms with Gasteiger partial charge in [0.1, 0.15) is 0 Å². The molecule has 0 fully saturated rings. The van der Waals surface area contributed by atoms with Gasteiger partial charge in [-0.1, -0.05) is 6.08 Å². The Hall–Kier alpha value is -1.05. The Bertz CT molecular complexity index is 145. The summed E-state index contributed by atoms with van der Waals surface area (Å²) in [5.41, 5.74) is 0. The van der Waals surface area contributed by atoms with E-state index in [2.05, 4.69) is 16.5 Å². The van der Waals surface area contributed by atoms with Crippen molar-refractivity contribution in [3.63, 3.8) is 0 Å². The van der Waals surface area contributed by atoms with E-state index in [4.69, 9.17) is 0 Å². The van der Waals surface area contributed by atoms with Gasteiger partial charge in [0.15, 0.2) is 0 Å². The van der Waals surface area contributed by atoms with Crippen LogP contribution in [0.15, 0.2) is 29.9 Å². The highest BCUT2D eigenvalue weighted by atomic mass is 15.1. The average Bonchev–Trinajstić information content (AvgIpc) is 1.91. The molecule has 0 unspecified atom stereocenters. The lowest BCUT2D eigenvalue weighted by molar-refractivity contribution is 0.523. The molecule has 0 spiro atoms. The van der Waals surface area contributed by atoms with E-state index < -0.39 is 0 Å². The van der Waals surface area contributed by atoms with Gasteiger partial charge in [-0.05, 0) is 6.08 Å². The van der Waals surface area contributed by atoms with Crippen LogP contribution in [0.3, 0.4) is 0 Å². The molecule has 0 radical (unpaired) electrons. The van der Waals surface area contributed by atoms with Crippen LogP contribution in [-0.4, -0.2) is 24.3 Å². The molecule has 0 saturated carbocycles. The second kappa shape index (κ2) is 3.07. The lowest BCUT2D eigenvalue weighted by Gasteiger charge is -2.16. The molecule has 0 N–H and O–H groups in total. The minimum absolute atomic E-state index is 0.883. The number of aliphatic imine (C=N–C) groups is 1. The van der Waals surface area contributed by atoms with Crippen LogP contribution >= 0.6 is 0 Å². The molecule has 0 aromatic carbocycles. The predicted molar refractivity (Wildman–Crippen MR) is 39.4 cm³/mol. The van der Waals surface area contributed by atoms with Gasteiger partial charge in [-0.15, -0.1) is 6.58 Å². The van der Waals surface area contributed by atoms with Crippen LogP contribution in [0, 0.1) is 0 Å². The molecule has 9 heavy (non-hydrogen) atoms. The normalized spacial score (nSPS) is 16.2. The molecular formula is C7H10N2. The van der Waals surface area contributed by atoms with Gasteiger partial charge in [0.2, 0.25) is 0 Å². The first-order valence-electron chi connectivity index (χ1n) is 2.97. The van der Waals surface area contributed by atoms with Crippen LogP contribution < -0.4 is 0 Å². The minimum atomic E-state index is 0.883. The van der Waals surface area contributed by atoms with Crippen LogP contribution in [0.2, 0.25) is 0 Å². The van der Waals surface area contributed by atoms with Gasteiger partial charge >= 0.3 is 0 Å². The van der Waals surface area contributed by atoms with Crippen molar-refractivity contribution in [3.05, 3.63) is 24.9 Å². The van der Waals surface area contributed by atoms with Crippen LogP contribution in [0.4, 0.5) is 0 Å². The van der Waals surface area contributed by atoms with Crippen molar-refractivity contribution in [2.75, 3.05) is 13.1 Å². The molecular weight excluding hydrogens is 112 g/mol. The molecule has 2 heteroatoms. The standard InChI is InChI=1S/C7H10N2/c1-2-5-9-6-3-4-8-7-9/h2-4,7H,1,5-6H2. The zero-order valence-electron chi connectivity index (χ0n) is 5.33. The lowest BCUT2D eigenvalue weighted by atomic mass is 10.4. The van der Waals surface area contributed by atoms with Crippen LogP contribution in [0.1, 0.15) is 0 Å². The second-order valence-corrected chi connectivity index (χ2v) is 1.89. The Morgan fingerprint density at radius 1 is 1.78 bits per heavy atom. The van der Waals surface area contributed by atoms with Crippen molar-refractivity contribution in [2.45, 2.75) is 0 Å². The summed E-state index contributed by atoms with van der Waals surface area (Å²) in [6.07, 6.45) is 7.51. The Morgan fingerprint density at radius 2 is 2.67 bits per heavy atom. The topological polar surface area (TPSA) is 15.6 Å². The van der Waals surface area contributed by atoms with Crippen LogP contribution in [-0.2, 0) is 0 Å². The molecule has 1 aliphatic heterocycles. The third-order valence-corrected chi connectivity index (χ3v) is 1.12. The van der Waals surface area contributed by atoms with Crippen LogP contribution in [0.5, 0.6) is 0 Å². The average molecular weight is 122 g/mol. The van der Waals surface area contributed by atoms with Gasteiger partial charge in [-0.3, -0.25) is 0 Å². The Kier molecular flexibility index (Phi) is 2.07. The van der Waals surface area contributed by atoms with Crippen molar-refractivity contribution in [1.29, 1.82) is 0 Å². The van der Waals surface area contributed by atoms with Crippen molar-refractivity contribution < 1.29 is 0 Å². The lowest BCUT2D eigenvalue weighted by Crippen LogP contribution is -2.23. The second-order valence-electron chi connectivity index (χ2n) is 1.89. The molecule has 48 valence electrons. The van der Waals surface area contributed by atoms with Gasteiger partial charge in [0.05, 0.1) is 6.34 Å². The van der Waals surface area contributed by atoms with Gasteiger partial charge in [-0.2, -0.15) is 0 Å². The molecule has 1 rings (SSSR count). The summed E-state index contributed by atoms with van der Waals surface area (Å²) >= 11 is 0. The fourth-order valence-electron chi connectivity index (χ4n) is 0.711. The summed E-state index contributed by atoms with van der Waals surface area (Å²) in [7, 11) is 0. The summed E-state index contributed by atoms with van der Waals surface area (Å²) < 4.78 is 0. The monoisotopic (exact) mass is 122 g/mol. The highest BCUT2D eigenvalue weighted by Gasteiger charge is 1.94. The molecule has 0 saturated heterocycles. The van der Waals surface area contributed by atoms with Gasteiger partial charge in [-0.25, -0.2) is 4.99 Å². The first-order valence-corrected chi connectivity index (χ1v) is 2.97. The molecule has 0 aromatic heterocycles. The van der Waals surface area contributed by atoms with Crippen molar-refractivity contribution in [2.24, 2.45) is 4.99 Å². The zero-order chi connectivity index (χ0) is 6.53. The van der Waals surface area contributed by atoms with Gasteiger partial charge in [0.25, 0.3) is 0 Å². The largest absolute Gasteiger partial charge is 0.355 e. The highest BCUT2D eigenvalue weighted by Crippen LogP contribution is 1.91. The quantitative estimate of drug-likeness (QED) is 0.499. The zero-order valence-corrected chi connectivity index (χ0v) is 5.33. The van der Waals surface area contributed by atoms with E-state index in [9.17, 15) is 0 Å². The van der Waals surface area contributed by atoms with Crippen LogP contribution in [0.25, 0.3) is 0 Å². The maximum atomic E-state index is 3.95. The van der Waals surface area contributed by atoms with Crippen molar-refractivity contribution >= 4 is 6.34 Å². The molecule has 2 nitrogen and oxygen atoms in total. The maximum absolute atomic E-state index is 3.95. The van der Waals surface area contributed by atoms with E-state index >= 15 is 0 Å².